The average molecular weight is 491 g/mol. The molecule has 0 fully saturated rings. The molecule has 5 nitrogen and oxygen atoms in total. The number of carbonyl (C=O) groups is 1. The summed E-state index contributed by atoms with van der Waals surface area (Å²) in [5, 5.41) is 7.20. The minimum Gasteiger partial charge on any atom is -0.352 e. The minimum absolute atomic E-state index is 0.0683. The van der Waals surface area contributed by atoms with Crippen LogP contribution >= 0.6 is 22.6 Å². The molecule has 7 heteroatoms. The number of amides is 1. The highest BCUT2D eigenvalue weighted by atomic mass is 127. The Bertz CT molecular complexity index is 1000. The third-order valence-electron chi connectivity index (χ3n) is 4.18. The van der Waals surface area contributed by atoms with Crippen LogP contribution in [0, 0.1) is 9.39 Å². The summed E-state index contributed by atoms with van der Waals surface area (Å²) in [4.78, 5) is 24.0. The molecule has 0 radical (unpaired) electrons. The molecule has 0 aliphatic rings. The van der Waals surface area contributed by atoms with Crippen LogP contribution in [0.15, 0.2) is 65.5 Å². The molecule has 0 saturated carbocycles. The predicted molar refractivity (Wildman–Crippen MR) is 114 cm³/mol. The van der Waals surface area contributed by atoms with Crippen molar-refractivity contribution in [1.82, 2.24) is 15.1 Å². The molecule has 2 aromatic carbocycles. The van der Waals surface area contributed by atoms with Crippen LogP contribution in [-0.4, -0.2) is 15.7 Å². The molecule has 0 aliphatic carbocycles. The number of nitrogens with one attached hydrogen (secondary N) is 1. The fraction of sp³-hybridized carbons (Fsp3) is 0.190. The zero-order chi connectivity index (χ0) is 19.9. The lowest BCUT2D eigenvalue weighted by atomic mass is 10.1. The van der Waals surface area contributed by atoms with Crippen LogP contribution in [0.5, 0.6) is 0 Å². The van der Waals surface area contributed by atoms with Gasteiger partial charge in [0, 0.05) is 34.7 Å². The summed E-state index contributed by atoms with van der Waals surface area (Å²) >= 11 is 2.23. The predicted octanol–water partition coefficient (Wildman–Crippen LogP) is 3.75. The maximum atomic E-state index is 13.1. The summed E-state index contributed by atoms with van der Waals surface area (Å²) in [6.45, 7) is 0.818. The Morgan fingerprint density at radius 3 is 2.46 bits per heavy atom. The van der Waals surface area contributed by atoms with Gasteiger partial charge in [0.25, 0.3) is 5.56 Å². The second-order valence-electron chi connectivity index (χ2n) is 6.29. The number of hydrogen-bond donors (Lipinski definition) is 1. The molecular formula is C21H19FIN3O2. The van der Waals surface area contributed by atoms with Crippen molar-refractivity contribution in [2.24, 2.45) is 0 Å². The molecule has 0 bridgehead atoms. The van der Waals surface area contributed by atoms with E-state index in [4.69, 9.17) is 0 Å². The molecule has 0 unspecified atom stereocenters. The Morgan fingerprint density at radius 2 is 1.75 bits per heavy atom. The zero-order valence-electron chi connectivity index (χ0n) is 15.1. The van der Waals surface area contributed by atoms with E-state index in [0.717, 1.165) is 14.7 Å². The lowest BCUT2D eigenvalue weighted by Crippen LogP contribution is -2.25. The topological polar surface area (TPSA) is 64.0 Å². The molecule has 1 aromatic heterocycles. The van der Waals surface area contributed by atoms with Gasteiger partial charge in [-0.3, -0.25) is 9.59 Å². The van der Waals surface area contributed by atoms with Gasteiger partial charge >= 0.3 is 0 Å². The first-order valence-electron chi connectivity index (χ1n) is 8.86. The number of aromatic nitrogens is 2. The molecule has 1 amide bonds. The van der Waals surface area contributed by atoms with Crippen molar-refractivity contribution in [2.75, 3.05) is 0 Å². The average Bonchev–Trinajstić information content (AvgIpc) is 2.70. The smallest absolute Gasteiger partial charge is 0.266 e. The Morgan fingerprint density at radius 1 is 1.04 bits per heavy atom. The molecule has 1 N–H and O–H groups in total. The summed E-state index contributed by atoms with van der Waals surface area (Å²) in [7, 11) is 0. The molecule has 0 aliphatic heterocycles. The SMILES string of the molecule is O=C(CCCn1nc(-c2ccc(F)cc2)ccc1=O)NCc1ccc(I)cc1. The van der Waals surface area contributed by atoms with Gasteiger partial charge in [-0.25, -0.2) is 9.07 Å². The first-order valence-corrected chi connectivity index (χ1v) is 9.94. The fourth-order valence-electron chi connectivity index (χ4n) is 2.66. The van der Waals surface area contributed by atoms with E-state index in [1.54, 1.807) is 18.2 Å². The zero-order valence-corrected chi connectivity index (χ0v) is 17.2. The quantitative estimate of drug-likeness (QED) is 0.513. The number of halogens is 2. The van der Waals surface area contributed by atoms with Gasteiger partial charge in [0.2, 0.25) is 5.91 Å². The monoisotopic (exact) mass is 491 g/mol. The fourth-order valence-corrected chi connectivity index (χ4v) is 3.02. The first-order chi connectivity index (χ1) is 13.5. The van der Waals surface area contributed by atoms with E-state index in [-0.39, 0.29) is 17.3 Å². The van der Waals surface area contributed by atoms with Crippen molar-refractivity contribution < 1.29 is 9.18 Å². The van der Waals surface area contributed by atoms with Gasteiger partial charge in [-0.05, 0) is 77.0 Å². The summed E-state index contributed by atoms with van der Waals surface area (Å²) < 4.78 is 15.5. The van der Waals surface area contributed by atoms with E-state index >= 15 is 0 Å². The van der Waals surface area contributed by atoms with E-state index in [9.17, 15) is 14.0 Å². The standard InChI is InChI=1S/C21H19FIN3O2/c22-17-7-5-16(6-8-17)19-11-12-21(28)26(25-19)13-1-2-20(27)24-14-15-3-9-18(23)10-4-15/h3-12H,1-2,13-14H2,(H,24,27). The van der Waals surface area contributed by atoms with Crippen LogP contribution in [0.25, 0.3) is 11.3 Å². The number of carbonyl (C=O) groups excluding carboxylic acids is 1. The van der Waals surface area contributed by atoms with Crippen LogP contribution < -0.4 is 10.9 Å². The molecular weight excluding hydrogens is 472 g/mol. The Kier molecular flexibility index (Phi) is 6.91. The normalized spacial score (nSPS) is 10.6. The van der Waals surface area contributed by atoms with Crippen molar-refractivity contribution >= 4 is 28.5 Å². The Balaban J connectivity index is 1.53. The lowest BCUT2D eigenvalue weighted by Gasteiger charge is -2.08. The maximum absolute atomic E-state index is 13.1. The largest absolute Gasteiger partial charge is 0.352 e. The van der Waals surface area contributed by atoms with Crippen molar-refractivity contribution in [1.29, 1.82) is 0 Å². The molecule has 28 heavy (non-hydrogen) atoms. The molecule has 0 spiro atoms. The van der Waals surface area contributed by atoms with Crippen LogP contribution in [0.2, 0.25) is 0 Å². The minimum atomic E-state index is -0.326. The highest BCUT2D eigenvalue weighted by Gasteiger charge is 2.06. The summed E-state index contributed by atoms with van der Waals surface area (Å²) in [5.74, 6) is -0.394. The highest BCUT2D eigenvalue weighted by molar-refractivity contribution is 14.1. The van der Waals surface area contributed by atoms with E-state index in [1.807, 2.05) is 24.3 Å². The molecule has 0 saturated heterocycles. The Labute approximate surface area is 175 Å². The number of hydrogen-bond acceptors (Lipinski definition) is 3. The second-order valence-corrected chi connectivity index (χ2v) is 7.54. The van der Waals surface area contributed by atoms with Crippen molar-refractivity contribution in [3.05, 3.63) is 86.0 Å². The third kappa shape index (κ3) is 5.72. The number of rotatable bonds is 7. The summed E-state index contributed by atoms with van der Waals surface area (Å²) in [6, 6.07) is 16.9. The van der Waals surface area contributed by atoms with Gasteiger partial charge in [0.05, 0.1) is 5.69 Å². The van der Waals surface area contributed by atoms with E-state index in [1.165, 1.54) is 22.9 Å². The molecule has 3 rings (SSSR count). The molecule has 1 heterocycles. The highest BCUT2D eigenvalue weighted by Crippen LogP contribution is 2.15. The number of nitrogens with zero attached hydrogens (tertiary/aromatic N) is 2. The van der Waals surface area contributed by atoms with Crippen molar-refractivity contribution in [3.63, 3.8) is 0 Å². The maximum Gasteiger partial charge on any atom is 0.266 e. The van der Waals surface area contributed by atoms with Gasteiger partial charge in [-0.2, -0.15) is 5.10 Å². The van der Waals surface area contributed by atoms with E-state index < -0.39 is 0 Å². The van der Waals surface area contributed by atoms with Crippen LogP contribution in [0.4, 0.5) is 4.39 Å². The first kappa shape index (κ1) is 20.2. The third-order valence-corrected chi connectivity index (χ3v) is 4.90. The second kappa shape index (κ2) is 9.59. The van der Waals surface area contributed by atoms with Gasteiger partial charge in [0.15, 0.2) is 0 Å². The summed E-state index contributed by atoms with van der Waals surface area (Å²) in [6.07, 6.45) is 0.803. The Hall–Kier alpha value is -2.55. The lowest BCUT2D eigenvalue weighted by molar-refractivity contribution is -0.121. The van der Waals surface area contributed by atoms with Crippen molar-refractivity contribution in [2.45, 2.75) is 25.9 Å². The molecule has 144 valence electrons. The summed E-state index contributed by atoms with van der Waals surface area (Å²) in [5.41, 5.74) is 2.12. The number of aryl methyl sites for hydroxylation is 1. The van der Waals surface area contributed by atoms with E-state index in [2.05, 4.69) is 33.0 Å². The van der Waals surface area contributed by atoms with Crippen LogP contribution in [0.3, 0.4) is 0 Å². The van der Waals surface area contributed by atoms with E-state index in [0.29, 0.717) is 31.6 Å². The number of benzene rings is 2. The van der Waals surface area contributed by atoms with Crippen LogP contribution in [0.1, 0.15) is 18.4 Å². The van der Waals surface area contributed by atoms with Crippen LogP contribution in [-0.2, 0) is 17.9 Å². The van der Waals surface area contributed by atoms with Crippen molar-refractivity contribution in [3.8, 4) is 11.3 Å². The van der Waals surface area contributed by atoms with Gasteiger partial charge in [-0.15, -0.1) is 0 Å². The molecule has 0 atom stereocenters. The van der Waals surface area contributed by atoms with Gasteiger partial charge < -0.3 is 5.32 Å². The van der Waals surface area contributed by atoms with Gasteiger partial charge in [-0.1, -0.05) is 12.1 Å². The molecule has 3 aromatic rings. The van der Waals surface area contributed by atoms with Gasteiger partial charge in [0.1, 0.15) is 5.82 Å².